The minimum Gasteiger partial charge on any atom is -0.457 e. The van der Waals surface area contributed by atoms with Gasteiger partial charge in [0.2, 0.25) is 0 Å². The lowest BCUT2D eigenvalue weighted by molar-refractivity contribution is 0.249. The summed E-state index contributed by atoms with van der Waals surface area (Å²) in [7, 11) is 3.93. The summed E-state index contributed by atoms with van der Waals surface area (Å²) in [6, 6.07) is 0. The van der Waals surface area contributed by atoms with Gasteiger partial charge in [-0.05, 0) is 25.9 Å². The average Bonchev–Trinajstić information content (AvgIpc) is 2.49. The molecule has 0 aromatic heterocycles. The molecule has 2 rings (SSSR count). The van der Waals surface area contributed by atoms with Gasteiger partial charge >= 0.3 is 0 Å². The quantitative estimate of drug-likeness (QED) is 0.466. The Morgan fingerprint density at radius 3 is 2.67 bits per heavy atom. The molecule has 9 heavy (non-hydrogen) atoms. The zero-order valence-electron chi connectivity index (χ0n) is 5.69. The summed E-state index contributed by atoms with van der Waals surface area (Å²) < 4.78 is 0. The van der Waals surface area contributed by atoms with Crippen LogP contribution in [0.4, 0.5) is 0 Å². The van der Waals surface area contributed by atoms with Crippen molar-refractivity contribution in [2.24, 2.45) is 0 Å². The normalized spacial score (nSPS) is 33.0. The molecule has 0 aromatic carbocycles. The SMILES string of the molecule is [CH2-]N1CCNC2(CC2)C1. The maximum absolute atomic E-state index is 3.93. The Morgan fingerprint density at radius 2 is 2.22 bits per heavy atom. The molecule has 2 aliphatic rings. The van der Waals surface area contributed by atoms with Crippen LogP contribution in [-0.4, -0.2) is 30.1 Å². The van der Waals surface area contributed by atoms with Gasteiger partial charge in [0.05, 0.1) is 0 Å². The molecule has 0 bridgehead atoms. The van der Waals surface area contributed by atoms with E-state index in [9.17, 15) is 0 Å². The minimum absolute atomic E-state index is 0.514. The minimum atomic E-state index is 0.514. The number of hydrogen-bond acceptors (Lipinski definition) is 2. The van der Waals surface area contributed by atoms with Crippen molar-refractivity contribution in [3.8, 4) is 0 Å². The van der Waals surface area contributed by atoms with Gasteiger partial charge in [0.25, 0.3) is 0 Å². The molecule has 0 unspecified atom stereocenters. The smallest absolute Gasteiger partial charge is 0.0286 e. The Bertz CT molecular complexity index is 118. The van der Waals surface area contributed by atoms with Crippen LogP contribution in [0.5, 0.6) is 0 Å². The van der Waals surface area contributed by atoms with E-state index in [-0.39, 0.29) is 0 Å². The van der Waals surface area contributed by atoms with E-state index in [4.69, 9.17) is 0 Å². The molecule has 2 fully saturated rings. The van der Waals surface area contributed by atoms with Gasteiger partial charge in [0.1, 0.15) is 0 Å². The van der Waals surface area contributed by atoms with Crippen molar-refractivity contribution in [2.75, 3.05) is 19.6 Å². The molecule has 1 saturated carbocycles. The highest BCUT2D eigenvalue weighted by Crippen LogP contribution is 2.37. The van der Waals surface area contributed by atoms with Crippen molar-refractivity contribution in [3.05, 3.63) is 7.05 Å². The Labute approximate surface area is 56.2 Å². The van der Waals surface area contributed by atoms with Crippen LogP contribution in [0.15, 0.2) is 0 Å². The first kappa shape index (κ1) is 5.69. The molecule has 1 aliphatic heterocycles. The number of nitrogens with one attached hydrogen (secondary N) is 1. The van der Waals surface area contributed by atoms with Gasteiger partial charge in [0, 0.05) is 12.1 Å². The summed E-state index contributed by atoms with van der Waals surface area (Å²) in [6.07, 6.45) is 2.72. The maximum atomic E-state index is 3.93. The van der Waals surface area contributed by atoms with E-state index in [2.05, 4.69) is 17.3 Å². The number of hydrogen-bond donors (Lipinski definition) is 1. The lowest BCUT2D eigenvalue weighted by Crippen LogP contribution is -2.50. The third kappa shape index (κ3) is 0.970. The molecule has 2 heteroatoms. The Hall–Kier alpha value is -0.0800. The topological polar surface area (TPSA) is 15.3 Å². The second kappa shape index (κ2) is 1.70. The Balaban J connectivity index is 1.96. The van der Waals surface area contributed by atoms with Crippen molar-refractivity contribution in [1.29, 1.82) is 0 Å². The molecule has 0 amide bonds. The number of piperazine rings is 1. The van der Waals surface area contributed by atoms with Crippen molar-refractivity contribution in [1.82, 2.24) is 10.2 Å². The fourth-order valence-electron chi connectivity index (χ4n) is 1.53. The summed E-state index contributed by atoms with van der Waals surface area (Å²) in [4.78, 5) is 2.17. The van der Waals surface area contributed by atoms with E-state index >= 15 is 0 Å². The monoisotopic (exact) mass is 125 g/mol. The first-order chi connectivity index (χ1) is 4.31. The summed E-state index contributed by atoms with van der Waals surface area (Å²) in [5.41, 5.74) is 0.514. The summed E-state index contributed by atoms with van der Waals surface area (Å²) in [5.74, 6) is 0. The van der Waals surface area contributed by atoms with Gasteiger partial charge in [-0.25, -0.2) is 0 Å². The largest absolute Gasteiger partial charge is 0.457 e. The predicted octanol–water partition coefficient (Wildman–Crippen LogP) is 0.216. The molecule has 1 N–H and O–H groups in total. The van der Waals surface area contributed by atoms with Crippen LogP contribution < -0.4 is 5.32 Å². The van der Waals surface area contributed by atoms with Crippen LogP contribution in [0.25, 0.3) is 0 Å². The predicted molar refractivity (Wildman–Crippen MR) is 36.9 cm³/mol. The summed E-state index contributed by atoms with van der Waals surface area (Å²) >= 11 is 0. The zero-order valence-corrected chi connectivity index (χ0v) is 5.69. The van der Waals surface area contributed by atoms with Crippen LogP contribution in [0.3, 0.4) is 0 Å². The van der Waals surface area contributed by atoms with Crippen molar-refractivity contribution in [3.63, 3.8) is 0 Å². The van der Waals surface area contributed by atoms with Crippen LogP contribution >= 0.6 is 0 Å². The van der Waals surface area contributed by atoms with E-state index < -0.39 is 0 Å². The van der Waals surface area contributed by atoms with Crippen LogP contribution in [0.2, 0.25) is 0 Å². The molecule has 0 radical (unpaired) electrons. The third-order valence-corrected chi connectivity index (χ3v) is 2.31. The second-order valence-corrected chi connectivity index (χ2v) is 3.26. The first-order valence-corrected chi connectivity index (χ1v) is 3.61. The molecular formula is C7H13N2-. The molecule has 0 atom stereocenters. The molecule has 1 spiro atoms. The number of rotatable bonds is 0. The van der Waals surface area contributed by atoms with Crippen LogP contribution in [-0.2, 0) is 0 Å². The molecule has 2 nitrogen and oxygen atoms in total. The van der Waals surface area contributed by atoms with Gasteiger partial charge in [-0.1, -0.05) is 0 Å². The van der Waals surface area contributed by atoms with E-state index in [1.807, 2.05) is 0 Å². The molecule has 1 aliphatic carbocycles. The standard InChI is InChI=1S/C7H13N2/c1-9-5-4-8-7(6-9)2-3-7/h8H,1-6H2/q-1. The summed E-state index contributed by atoms with van der Waals surface area (Å²) in [6.45, 7) is 3.40. The lowest BCUT2D eigenvalue weighted by Gasteiger charge is -2.36. The molecule has 0 aromatic rings. The fourth-order valence-corrected chi connectivity index (χ4v) is 1.53. The van der Waals surface area contributed by atoms with E-state index in [1.54, 1.807) is 0 Å². The average molecular weight is 125 g/mol. The molecular weight excluding hydrogens is 112 g/mol. The highest BCUT2D eigenvalue weighted by molar-refractivity contribution is 5.06. The summed E-state index contributed by atoms with van der Waals surface area (Å²) in [5, 5.41) is 3.52. The van der Waals surface area contributed by atoms with Crippen LogP contribution in [0.1, 0.15) is 12.8 Å². The Morgan fingerprint density at radius 1 is 1.44 bits per heavy atom. The van der Waals surface area contributed by atoms with Crippen molar-refractivity contribution < 1.29 is 0 Å². The number of nitrogens with zero attached hydrogens (tertiary/aromatic N) is 1. The van der Waals surface area contributed by atoms with Gasteiger partial charge in [-0.15, -0.1) is 0 Å². The Kier molecular flexibility index (Phi) is 1.08. The zero-order chi connectivity index (χ0) is 6.32. The van der Waals surface area contributed by atoms with Gasteiger partial charge in [0.15, 0.2) is 0 Å². The van der Waals surface area contributed by atoms with E-state index in [0.717, 1.165) is 19.6 Å². The van der Waals surface area contributed by atoms with E-state index in [0.29, 0.717) is 5.54 Å². The second-order valence-electron chi connectivity index (χ2n) is 3.26. The first-order valence-electron chi connectivity index (χ1n) is 3.61. The highest BCUT2D eigenvalue weighted by Gasteiger charge is 2.43. The fraction of sp³-hybridized carbons (Fsp3) is 0.857. The molecule has 1 saturated heterocycles. The highest BCUT2D eigenvalue weighted by atomic mass is 15.2. The van der Waals surface area contributed by atoms with Crippen LogP contribution in [0, 0.1) is 7.05 Å². The van der Waals surface area contributed by atoms with Crippen molar-refractivity contribution in [2.45, 2.75) is 18.4 Å². The van der Waals surface area contributed by atoms with Gasteiger partial charge in [-0.2, -0.15) is 0 Å². The third-order valence-electron chi connectivity index (χ3n) is 2.31. The van der Waals surface area contributed by atoms with Crippen molar-refractivity contribution >= 4 is 0 Å². The maximum Gasteiger partial charge on any atom is 0.0286 e. The lowest BCUT2D eigenvalue weighted by atomic mass is 10.2. The van der Waals surface area contributed by atoms with E-state index in [1.165, 1.54) is 12.8 Å². The molecule has 52 valence electrons. The van der Waals surface area contributed by atoms with Gasteiger partial charge in [-0.3, -0.25) is 7.05 Å². The molecule has 1 heterocycles. The van der Waals surface area contributed by atoms with Gasteiger partial charge < -0.3 is 10.2 Å².